The van der Waals surface area contributed by atoms with Crippen LogP contribution in [0.4, 0.5) is 0 Å². The molecule has 0 spiro atoms. The van der Waals surface area contributed by atoms with Gasteiger partial charge in [-0.05, 0) is 23.7 Å². The highest BCUT2D eigenvalue weighted by molar-refractivity contribution is 6.74. The van der Waals surface area contributed by atoms with E-state index in [1.54, 1.807) is 0 Å². The van der Waals surface area contributed by atoms with Crippen molar-refractivity contribution < 1.29 is 8.85 Å². The Hall–Kier alpha value is 0.137. The zero-order valence-corrected chi connectivity index (χ0v) is 23.8. The van der Waals surface area contributed by atoms with E-state index in [2.05, 4.69) is 28.1 Å². The van der Waals surface area contributed by atoms with E-state index < -0.39 is 8.56 Å². The molecule has 0 saturated heterocycles. The second-order valence-electron chi connectivity index (χ2n) is 12.9. The molecule has 33 heavy (non-hydrogen) atoms. The van der Waals surface area contributed by atoms with Crippen LogP contribution in [0.3, 0.4) is 0 Å². The normalized spacial score (nSPS) is 26.5. The van der Waals surface area contributed by atoms with E-state index in [1.807, 2.05) is 0 Å². The summed E-state index contributed by atoms with van der Waals surface area (Å²) in [4.78, 5) is 0. The van der Waals surface area contributed by atoms with Crippen molar-refractivity contribution >= 4 is 8.56 Å². The lowest BCUT2D eigenvalue weighted by molar-refractivity contribution is 0.0418. The summed E-state index contributed by atoms with van der Waals surface area (Å²) in [6.45, 7) is 5.48. The van der Waals surface area contributed by atoms with Crippen LogP contribution in [-0.2, 0) is 8.85 Å². The van der Waals surface area contributed by atoms with Gasteiger partial charge in [0.15, 0.2) is 0 Å². The maximum absolute atomic E-state index is 7.15. The molecule has 0 atom stereocenters. The van der Waals surface area contributed by atoms with E-state index in [1.165, 1.54) is 128 Å². The minimum Gasteiger partial charge on any atom is -0.397 e. The SMILES string of the molecule is CO[Si](OC)(C(C)(C1CCCCC1)C1CCCCC1)C(C)(C1CCCCC1)C1CCCCC1. The maximum Gasteiger partial charge on any atom is 0.351 e. The van der Waals surface area contributed by atoms with Gasteiger partial charge in [-0.15, -0.1) is 0 Å². The summed E-state index contributed by atoms with van der Waals surface area (Å²) in [6, 6.07) is 0. The molecule has 0 unspecified atom stereocenters. The Morgan fingerprint density at radius 2 is 0.636 bits per heavy atom. The van der Waals surface area contributed by atoms with E-state index in [9.17, 15) is 0 Å². The van der Waals surface area contributed by atoms with Crippen molar-refractivity contribution in [3.63, 3.8) is 0 Å². The molecule has 192 valence electrons. The fraction of sp³-hybridized carbons (Fsp3) is 1.00. The number of hydrogen-bond acceptors (Lipinski definition) is 2. The molecule has 3 heteroatoms. The minimum absolute atomic E-state index is 0.237. The second-order valence-corrected chi connectivity index (χ2v) is 17.1. The Balaban J connectivity index is 1.85. The van der Waals surface area contributed by atoms with Crippen molar-refractivity contribution in [2.45, 2.75) is 152 Å². The average molecular weight is 477 g/mol. The third kappa shape index (κ3) is 4.55. The Kier molecular flexibility index (Phi) is 9.10. The first-order chi connectivity index (χ1) is 16.0. The van der Waals surface area contributed by atoms with Crippen LogP contribution >= 0.6 is 0 Å². The molecule has 0 heterocycles. The first-order valence-electron chi connectivity index (χ1n) is 15.1. The smallest absolute Gasteiger partial charge is 0.351 e. The molecule has 2 nitrogen and oxygen atoms in total. The monoisotopic (exact) mass is 476 g/mol. The van der Waals surface area contributed by atoms with Crippen molar-refractivity contribution in [3.8, 4) is 0 Å². The molecule has 0 aromatic carbocycles. The lowest BCUT2D eigenvalue weighted by Crippen LogP contribution is -2.67. The quantitative estimate of drug-likeness (QED) is 0.325. The third-order valence-electron chi connectivity index (χ3n) is 11.8. The van der Waals surface area contributed by atoms with Crippen molar-refractivity contribution in [3.05, 3.63) is 0 Å². The lowest BCUT2D eigenvalue weighted by Gasteiger charge is -2.64. The highest BCUT2D eigenvalue weighted by Crippen LogP contribution is 2.71. The fourth-order valence-corrected chi connectivity index (χ4v) is 16.5. The molecule has 4 saturated carbocycles. The van der Waals surface area contributed by atoms with E-state index in [-0.39, 0.29) is 10.1 Å². The van der Waals surface area contributed by atoms with Gasteiger partial charge in [0.1, 0.15) is 0 Å². The summed E-state index contributed by atoms with van der Waals surface area (Å²) in [5.74, 6) is 3.19. The molecule has 0 N–H and O–H groups in total. The van der Waals surface area contributed by atoms with Crippen LogP contribution < -0.4 is 0 Å². The fourth-order valence-electron chi connectivity index (χ4n) is 10.1. The molecule has 4 aliphatic rings. The van der Waals surface area contributed by atoms with Gasteiger partial charge < -0.3 is 8.85 Å². The molecule has 4 rings (SSSR count). The summed E-state index contributed by atoms with van der Waals surface area (Å²) in [5, 5.41) is 0.474. The molecule has 4 aliphatic carbocycles. The van der Waals surface area contributed by atoms with Gasteiger partial charge in [-0.3, -0.25) is 0 Å². The van der Waals surface area contributed by atoms with E-state index >= 15 is 0 Å². The molecule has 0 radical (unpaired) electrons. The van der Waals surface area contributed by atoms with Crippen molar-refractivity contribution in [2.24, 2.45) is 23.7 Å². The molecule has 0 bridgehead atoms. The molecular weight excluding hydrogens is 420 g/mol. The number of hydrogen-bond donors (Lipinski definition) is 0. The van der Waals surface area contributed by atoms with E-state index in [0.29, 0.717) is 0 Å². The van der Waals surface area contributed by atoms with Crippen LogP contribution in [0.2, 0.25) is 10.1 Å². The summed E-state index contributed by atoms with van der Waals surface area (Å²) in [7, 11) is 1.60. The maximum atomic E-state index is 7.15. The van der Waals surface area contributed by atoms with E-state index in [4.69, 9.17) is 8.85 Å². The summed E-state index contributed by atoms with van der Waals surface area (Å²) in [6.07, 6.45) is 28.5. The van der Waals surface area contributed by atoms with Gasteiger partial charge in [0.25, 0.3) is 0 Å². The zero-order chi connectivity index (χ0) is 23.4. The van der Waals surface area contributed by atoms with Gasteiger partial charge >= 0.3 is 8.56 Å². The Morgan fingerprint density at radius 3 is 0.818 bits per heavy atom. The molecule has 0 aliphatic heterocycles. The van der Waals surface area contributed by atoms with Crippen molar-refractivity contribution in [1.29, 1.82) is 0 Å². The van der Waals surface area contributed by atoms with Crippen LogP contribution in [0.25, 0.3) is 0 Å². The number of rotatable bonds is 8. The van der Waals surface area contributed by atoms with Gasteiger partial charge in [0.2, 0.25) is 0 Å². The van der Waals surface area contributed by atoms with Gasteiger partial charge in [-0.1, -0.05) is 142 Å². The van der Waals surface area contributed by atoms with Crippen LogP contribution in [0, 0.1) is 23.7 Å². The first-order valence-corrected chi connectivity index (χ1v) is 17.0. The molecular formula is C30H56O2Si. The molecule has 4 fully saturated rings. The van der Waals surface area contributed by atoms with Gasteiger partial charge in [-0.2, -0.15) is 0 Å². The standard InChI is InChI=1S/C30H56O2Si/c1-29(25-17-9-5-10-18-25,26-19-11-6-12-20-26)33(31-3,32-4)30(2,27-21-13-7-14-22-27)28-23-15-8-16-24-28/h25-28H,5-24H2,1-4H3. The van der Waals surface area contributed by atoms with Gasteiger partial charge in [0.05, 0.1) is 0 Å². The average Bonchev–Trinajstić information content (AvgIpc) is 2.91. The topological polar surface area (TPSA) is 18.5 Å². The van der Waals surface area contributed by atoms with Gasteiger partial charge in [-0.25, -0.2) is 0 Å². The first kappa shape index (κ1) is 26.2. The summed E-state index contributed by atoms with van der Waals surface area (Å²) < 4.78 is 14.3. The predicted octanol–water partition coefficient (Wildman–Crippen LogP) is 9.56. The molecule has 0 amide bonds. The van der Waals surface area contributed by atoms with Crippen molar-refractivity contribution in [1.82, 2.24) is 0 Å². The van der Waals surface area contributed by atoms with Crippen LogP contribution in [-0.4, -0.2) is 22.8 Å². The van der Waals surface area contributed by atoms with Crippen molar-refractivity contribution in [2.75, 3.05) is 14.2 Å². The highest BCUT2D eigenvalue weighted by Gasteiger charge is 2.72. The molecule has 0 aromatic heterocycles. The summed E-state index contributed by atoms with van der Waals surface area (Å²) in [5.41, 5.74) is 0. The minimum atomic E-state index is -2.60. The van der Waals surface area contributed by atoms with Crippen LogP contribution in [0.5, 0.6) is 0 Å². The largest absolute Gasteiger partial charge is 0.397 e. The zero-order valence-electron chi connectivity index (χ0n) is 22.8. The van der Waals surface area contributed by atoms with Gasteiger partial charge in [0, 0.05) is 24.3 Å². The Bertz CT molecular complexity index is 492. The highest BCUT2D eigenvalue weighted by atomic mass is 28.4. The lowest BCUT2D eigenvalue weighted by atomic mass is 9.68. The third-order valence-corrected chi connectivity index (χ3v) is 17.4. The second kappa shape index (κ2) is 11.5. The van der Waals surface area contributed by atoms with E-state index in [0.717, 1.165) is 23.7 Å². The Morgan fingerprint density at radius 1 is 0.424 bits per heavy atom. The predicted molar refractivity (Wildman–Crippen MR) is 143 cm³/mol. The molecule has 0 aromatic rings. The summed E-state index contributed by atoms with van der Waals surface area (Å²) >= 11 is 0. The van der Waals surface area contributed by atoms with Crippen LogP contribution in [0.15, 0.2) is 0 Å². The Labute approximate surface area is 207 Å². The van der Waals surface area contributed by atoms with Crippen LogP contribution in [0.1, 0.15) is 142 Å².